The lowest BCUT2D eigenvalue weighted by Gasteiger charge is -2.06. The third-order valence-corrected chi connectivity index (χ3v) is 3.33. The zero-order chi connectivity index (χ0) is 19.0. The fourth-order valence-electron chi connectivity index (χ4n) is 1.98. The second-order valence-electron chi connectivity index (χ2n) is 5.32. The van der Waals surface area contributed by atoms with Crippen molar-refractivity contribution in [3.05, 3.63) is 77.4 Å². The van der Waals surface area contributed by atoms with E-state index >= 15 is 0 Å². The predicted octanol–water partition coefficient (Wildman–Crippen LogP) is 3.58. The molecule has 0 spiro atoms. The number of hydrogen-bond acceptors (Lipinski definition) is 3. The molecule has 136 valence electrons. The molecule has 0 saturated heterocycles. The maximum absolute atomic E-state index is 12.5. The minimum absolute atomic E-state index is 0.318. The largest absolute Gasteiger partial charge is 0.452 e. The molecule has 0 atom stereocenters. The van der Waals surface area contributed by atoms with Crippen molar-refractivity contribution in [1.82, 2.24) is 5.32 Å². The van der Waals surface area contributed by atoms with E-state index in [9.17, 15) is 22.8 Å². The lowest BCUT2D eigenvalue weighted by atomic mass is 10.1. The number of hydrogen-bond donors (Lipinski definition) is 1. The van der Waals surface area contributed by atoms with Crippen LogP contribution in [0.3, 0.4) is 0 Å². The second kappa shape index (κ2) is 8.84. The molecule has 2 rings (SSSR count). The van der Waals surface area contributed by atoms with Crippen LogP contribution < -0.4 is 5.32 Å². The van der Waals surface area contributed by atoms with Crippen LogP contribution in [0.2, 0.25) is 0 Å². The summed E-state index contributed by atoms with van der Waals surface area (Å²) in [6.07, 6.45) is -2.05. The third-order valence-electron chi connectivity index (χ3n) is 3.33. The summed E-state index contributed by atoms with van der Waals surface area (Å²) in [4.78, 5) is 23.2. The van der Waals surface area contributed by atoms with Crippen molar-refractivity contribution in [3.8, 4) is 0 Å². The number of ether oxygens (including phenoxy) is 1. The number of nitrogens with one attached hydrogen (secondary N) is 1. The van der Waals surface area contributed by atoms with Gasteiger partial charge in [0.05, 0.1) is 5.56 Å². The van der Waals surface area contributed by atoms with E-state index in [0.29, 0.717) is 12.1 Å². The van der Waals surface area contributed by atoms with Gasteiger partial charge in [-0.15, -0.1) is 0 Å². The molecule has 4 nitrogen and oxygen atoms in total. The molecule has 0 heterocycles. The van der Waals surface area contributed by atoms with Crippen molar-refractivity contribution in [2.75, 3.05) is 6.61 Å². The minimum Gasteiger partial charge on any atom is -0.452 e. The smallest absolute Gasteiger partial charge is 0.416 e. The highest BCUT2D eigenvalue weighted by molar-refractivity contribution is 5.89. The Hall–Kier alpha value is -3.09. The summed E-state index contributed by atoms with van der Waals surface area (Å²) in [6.45, 7) is -0.123. The molecule has 7 heteroatoms. The molecule has 26 heavy (non-hydrogen) atoms. The number of rotatable bonds is 6. The summed E-state index contributed by atoms with van der Waals surface area (Å²) in [6, 6.07) is 13.5. The Morgan fingerprint density at radius 1 is 1.00 bits per heavy atom. The first-order valence-electron chi connectivity index (χ1n) is 7.67. The average molecular weight is 363 g/mol. The SMILES string of the molecule is O=C(COC(=O)/C=C/c1ccc(C(F)(F)F)cc1)NCc1ccccc1. The van der Waals surface area contributed by atoms with Crippen LogP contribution in [-0.4, -0.2) is 18.5 Å². The molecule has 0 bridgehead atoms. The van der Waals surface area contributed by atoms with Gasteiger partial charge in [-0.1, -0.05) is 42.5 Å². The van der Waals surface area contributed by atoms with Crippen LogP contribution in [0.1, 0.15) is 16.7 Å². The van der Waals surface area contributed by atoms with Crippen LogP contribution in [0.15, 0.2) is 60.7 Å². The van der Waals surface area contributed by atoms with Gasteiger partial charge >= 0.3 is 12.1 Å². The molecule has 2 aromatic rings. The van der Waals surface area contributed by atoms with Crippen molar-refractivity contribution in [2.24, 2.45) is 0 Å². The standard InChI is InChI=1S/C19H16F3NO3/c20-19(21,22)16-9-6-14(7-10-16)8-11-18(25)26-13-17(24)23-12-15-4-2-1-3-5-15/h1-11H,12-13H2,(H,23,24)/b11-8+. The Balaban J connectivity index is 1.75. The predicted molar refractivity (Wildman–Crippen MR) is 89.7 cm³/mol. The number of alkyl halides is 3. The van der Waals surface area contributed by atoms with Crippen LogP contribution >= 0.6 is 0 Å². The molecule has 0 aromatic heterocycles. The van der Waals surface area contributed by atoms with Gasteiger partial charge in [-0.05, 0) is 29.3 Å². The molecule has 0 aliphatic carbocycles. The van der Waals surface area contributed by atoms with Gasteiger partial charge in [0.25, 0.3) is 5.91 Å². The fourth-order valence-corrected chi connectivity index (χ4v) is 1.98. The molecule has 0 fully saturated rings. The number of carbonyl (C=O) groups excluding carboxylic acids is 2. The van der Waals surface area contributed by atoms with Crippen molar-refractivity contribution in [2.45, 2.75) is 12.7 Å². The van der Waals surface area contributed by atoms with E-state index in [1.165, 1.54) is 18.2 Å². The van der Waals surface area contributed by atoms with Crippen LogP contribution in [0.5, 0.6) is 0 Å². The summed E-state index contributed by atoms with van der Waals surface area (Å²) in [5.41, 5.74) is 0.546. The zero-order valence-corrected chi connectivity index (χ0v) is 13.6. The molecular weight excluding hydrogens is 347 g/mol. The summed E-state index contributed by atoms with van der Waals surface area (Å²) >= 11 is 0. The van der Waals surface area contributed by atoms with Gasteiger partial charge < -0.3 is 10.1 Å². The number of carbonyl (C=O) groups is 2. The topological polar surface area (TPSA) is 55.4 Å². The maximum Gasteiger partial charge on any atom is 0.416 e. The number of amides is 1. The highest BCUT2D eigenvalue weighted by atomic mass is 19.4. The molecule has 0 saturated carbocycles. The van der Waals surface area contributed by atoms with E-state index in [1.807, 2.05) is 30.3 Å². The molecule has 2 aromatic carbocycles. The van der Waals surface area contributed by atoms with Gasteiger partial charge in [0.2, 0.25) is 0 Å². The Morgan fingerprint density at radius 3 is 2.27 bits per heavy atom. The van der Waals surface area contributed by atoms with Gasteiger partial charge in [-0.2, -0.15) is 13.2 Å². The van der Waals surface area contributed by atoms with E-state index in [2.05, 4.69) is 5.32 Å². The molecule has 0 unspecified atom stereocenters. The monoisotopic (exact) mass is 363 g/mol. The van der Waals surface area contributed by atoms with E-state index in [-0.39, 0.29) is 0 Å². The third kappa shape index (κ3) is 6.43. The van der Waals surface area contributed by atoms with E-state index in [1.54, 1.807) is 0 Å². The maximum atomic E-state index is 12.5. The summed E-state index contributed by atoms with van der Waals surface area (Å²) in [5.74, 6) is -1.22. The zero-order valence-electron chi connectivity index (χ0n) is 13.6. The molecule has 1 amide bonds. The Bertz CT molecular complexity index is 769. The van der Waals surface area contributed by atoms with Gasteiger partial charge in [-0.3, -0.25) is 4.79 Å². The first kappa shape index (κ1) is 19.2. The second-order valence-corrected chi connectivity index (χ2v) is 5.32. The van der Waals surface area contributed by atoms with Gasteiger partial charge in [-0.25, -0.2) is 4.79 Å². The van der Waals surface area contributed by atoms with E-state index in [0.717, 1.165) is 23.8 Å². The minimum atomic E-state index is -4.41. The van der Waals surface area contributed by atoms with Crippen molar-refractivity contribution < 1.29 is 27.5 Å². The van der Waals surface area contributed by atoms with Crippen molar-refractivity contribution in [1.29, 1.82) is 0 Å². The molecular formula is C19H16F3NO3. The van der Waals surface area contributed by atoms with Gasteiger partial charge in [0, 0.05) is 12.6 Å². The van der Waals surface area contributed by atoms with E-state index < -0.39 is 30.2 Å². The molecule has 0 radical (unpaired) electrons. The number of esters is 1. The van der Waals surface area contributed by atoms with Crippen LogP contribution in [0.25, 0.3) is 6.08 Å². The highest BCUT2D eigenvalue weighted by Gasteiger charge is 2.29. The van der Waals surface area contributed by atoms with Crippen LogP contribution in [-0.2, 0) is 27.0 Å². The normalized spacial score (nSPS) is 11.3. The highest BCUT2D eigenvalue weighted by Crippen LogP contribution is 2.29. The first-order valence-corrected chi connectivity index (χ1v) is 7.67. The molecule has 0 aliphatic heterocycles. The van der Waals surface area contributed by atoms with Crippen molar-refractivity contribution in [3.63, 3.8) is 0 Å². The Labute approximate surface area is 148 Å². The Morgan fingerprint density at radius 2 is 1.65 bits per heavy atom. The number of benzene rings is 2. The lowest BCUT2D eigenvalue weighted by Crippen LogP contribution is -2.28. The molecule has 0 aliphatic rings. The summed E-state index contributed by atoms with van der Waals surface area (Å²) in [5, 5.41) is 2.60. The first-order chi connectivity index (χ1) is 12.3. The average Bonchev–Trinajstić information content (AvgIpc) is 2.63. The van der Waals surface area contributed by atoms with Gasteiger partial charge in [0.1, 0.15) is 0 Å². The summed E-state index contributed by atoms with van der Waals surface area (Å²) < 4.78 is 42.1. The van der Waals surface area contributed by atoms with Crippen LogP contribution in [0.4, 0.5) is 13.2 Å². The van der Waals surface area contributed by atoms with Gasteiger partial charge in [0.15, 0.2) is 6.61 Å². The van der Waals surface area contributed by atoms with E-state index in [4.69, 9.17) is 4.74 Å². The quantitative estimate of drug-likeness (QED) is 0.631. The Kier molecular flexibility index (Phi) is 6.54. The number of halogens is 3. The lowest BCUT2D eigenvalue weighted by molar-refractivity contribution is -0.143. The fraction of sp³-hybridized carbons (Fsp3) is 0.158. The molecule has 1 N–H and O–H groups in total. The summed E-state index contributed by atoms with van der Waals surface area (Å²) in [7, 11) is 0. The van der Waals surface area contributed by atoms with Crippen LogP contribution in [0, 0.1) is 0 Å². The van der Waals surface area contributed by atoms with Crippen molar-refractivity contribution >= 4 is 18.0 Å².